The maximum atomic E-state index is 14.5. The standard InChI is InChI=1S/C18H15F6IN2O2/c1-17(5-6-28-14-10(17)3-4-11(25)13(14)19)26-15-12(29-16(20)21)7-9(8-27(15)2)18(22,23)24/h3-4,7-8,16H,5-6H2,1-2H3/t17-/m0/s1. The lowest BCUT2D eigenvalue weighted by Crippen LogP contribution is -2.34. The van der Waals surface area contributed by atoms with Gasteiger partial charge in [-0.25, -0.2) is 4.39 Å². The van der Waals surface area contributed by atoms with Crippen molar-refractivity contribution in [1.29, 1.82) is 0 Å². The highest BCUT2D eigenvalue weighted by atomic mass is 127. The van der Waals surface area contributed by atoms with E-state index in [0.717, 1.165) is 10.8 Å². The Kier molecular flexibility index (Phi) is 5.80. The first-order valence-electron chi connectivity index (χ1n) is 8.32. The number of aryl methyl sites for hydroxylation is 1. The molecule has 0 bridgehead atoms. The fraction of sp³-hybridized carbons (Fsp3) is 0.389. The average Bonchev–Trinajstić information content (AvgIpc) is 2.60. The number of rotatable bonds is 3. The van der Waals surface area contributed by atoms with Gasteiger partial charge in [-0.05, 0) is 41.6 Å². The van der Waals surface area contributed by atoms with Crippen molar-refractivity contribution in [3.63, 3.8) is 0 Å². The van der Waals surface area contributed by atoms with Crippen molar-refractivity contribution in [2.24, 2.45) is 12.0 Å². The Bertz CT molecular complexity index is 1010. The van der Waals surface area contributed by atoms with E-state index in [2.05, 4.69) is 9.73 Å². The van der Waals surface area contributed by atoms with Gasteiger partial charge in [0, 0.05) is 25.2 Å². The number of halogens is 7. The minimum Gasteiger partial charge on any atom is -0.490 e. The van der Waals surface area contributed by atoms with Crippen LogP contribution in [0.5, 0.6) is 11.5 Å². The molecule has 0 N–H and O–H groups in total. The van der Waals surface area contributed by atoms with Gasteiger partial charge in [0.1, 0.15) is 0 Å². The van der Waals surface area contributed by atoms with Crippen molar-refractivity contribution < 1.29 is 35.8 Å². The molecule has 3 rings (SSSR count). The van der Waals surface area contributed by atoms with Crippen molar-refractivity contribution >= 4 is 22.6 Å². The minimum absolute atomic E-state index is 0.0136. The molecule has 158 valence electrons. The second kappa shape index (κ2) is 7.73. The molecular formula is C18H15F6IN2O2. The van der Waals surface area contributed by atoms with Gasteiger partial charge in [-0.1, -0.05) is 6.07 Å². The third-order valence-electron chi connectivity index (χ3n) is 4.54. The highest BCUT2D eigenvalue weighted by Crippen LogP contribution is 2.42. The Morgan fingerprint density at radius 1 is 1.31 bits per heavy atom. The predicted octanol–water partition coefficient (Wildman–Crippen LogP) is 4.99. The SMILES string of the molecule is Cn1cc(C(F)(F)F)cc(OC(F)F)c1=N[C@@]1(C)CCOc2c1ccc(I)c2F. The van der Waals surface area contributed by atoms with Crippen LogP contribution in [-0.4, -0.2) is 17.8 Å². The van der Waals surface area contributed by atoms with Crippen molar-refractivity contribution in [3.05, 3.63) is 50.4 Å². The maximum absolute atomic E-state index is 14.5. The van der Waals surface area contributed by atoms with Crippen LogP contribution in [0.3, 0.4) is 0 Å². The number of aromatic nitrogens is 1. The Hall–Kier alpha value is -1.92. The topological polar surface area (TPSA) is 35.8 Å². The molecule has 1 aromatic heterocycles. The van der Waals surface area contributed by atoms with Crippen molar-refractivity contribution in [3.8, 4) is 11.5 Å². The predicted molar refractivity (Wildman–Crippen MR) is 99.2 cm³/mol. The molecule has 0 aliphatic carbocycles. The summed E-state index contributed by atoms with van der Waals surface area (Å²) >= 11 is 1.80. The summed E-state index contributed by atoms with van der Waals surface area (Å²) in [6.07, 6.45) is -3.77. The lowest BCUT2D eigenvalue weighted by Gasteiger charge is -2.33. The van der Waals surface area contributed by atoms with Gasteiger partial charge in [0.15, 0.2) is 22.8 Å². The summed E-state index contributed by atoms with van der Waals surface area (Å²) in [6.45, 7) is -1.62. The number of alkyl halides is 5. The molecule has 1 aliphatic heterocycles. The van der Waals surface area contributed by atoms with Gasteiger partial charge in [-0.3, -0.25) is 4.99 Å². The first-order chi connectivity index (χ1) is 13.4. The van der Waals surface area contributed by atoms with Crippen LogP contribution in [-0.2, 0) is 18.8 Å². The number of hydrogen-bond donors (Lipinski definition) is 0. The quantitative estimate of drug-likeness (QED) is 0.413. The fourth-order valence-electron chi connectivity index (χ4n) is 3.09. The third kappa shape index (κ3) is 4.33. The van der Waals surface area contributed by atoms with Gasteiger partial charge in [0.2, 0.25) is 0 Å². The summed E-state index contributed by atoms with van der Waals surface area (Å²) in [5, 5.41) is 0. The molecule has 0 saturated heterocycles. The molecule has 0 fully saturated rings. The number of ether oxygens (including phenoxy) is 2. The molecule has 0 amide bonds. The molecule has 0 radical (unpaired) electrons. The van der Waals surface area contributed by atoms with Crippen molar-refractivity contribution in [1.82, 2.24) is 4.57 Å². The largest absolute Gasteiger partial charge is 0.490 e. The van der Waals surface area contributed by atoms with Gasteiger partial charge in [-0.2, -0.15) is 22.0 Å². The Balaban J connectivity index is 2.25. The summed E-state index contributed by atoms with van der Waals surface area (Å²) < 4.78 is 90.4. The molecule has 4 nitrogen and oxygen atoms in total. The summed E-state index contributed by atoms with van der Waals surface area (Å²) in [5.41, 5.74) is -2.15. The van der Waals surface area contributed by atoms with Crippen LogP contribution < -0.4 is 15.0 Å². The summed E-state index contributed by atoms with van der Waals surface area (Å²) in [5.74, 6) is -1.32. The molecular weight excluding hydrogens is 517 g/mol. The van der Waals surface area contributed by atoms with E-state index in [9.17, 15) is 26.3 Å². The molecule has 0 unspecified atom stereocenters. The molecule has 2 aromatic rings. The zero-order valence-corrected chi connectivity index (χ0v) is 17.3. The zero-order valence-electron chi connectivity index (χ0n) is 15.2. The van der Waals surface area contributed by atoms with Gasteiger partial charge in [0.25, 0.3) is 0 Å². The van der Waals surface area contributed by atoms with E-state index in [1.807, 2.05) is 0 Å². The number of pyridine rings is 1. The smallest absolute Gasteiger partial charge is 0.417 e. The van der Waals surface area contributed by atoms with E-state index >= 15 is 0 Å². The first-order valence-corrected chi connectivity index (χ1v) is 9.40. The average molecular weight is 532 g/mol. The first kappa shape index (κ1) is 21.8. The van der Waals surface area contributed by atoms with Crippen molar-refractivity contribution in [2.45, 2.75) is 31.7 Å². The van der Waals surface area contributed by atoms with E-state index in [0.29, 0.717) is 15.2 Å². The van der Waals surface area contributed by atoms with Gasteiger partial charge in [-0.15, -0.1) is 0 Å². The summed E-state index contributed by atoms with van der Waals surface area (Å²) in [4.78, 5) is 4.43. The highest BCUT2D eigenvalue weighted by molar-refractivity contribution is 14.1. The van der Waals surface area contributed by atoms with Crippen LogP contribution in [0.2, 0.25) is 0 Å². The van der Waals surface area contributed by atoms with Crippen molar-refractivity contribution in [2.75, 3.05) is 6.61 Å². The molecule has 0 spiro atoms. The fourth-order valence-corrected chi connectivity index (χ4v) is 3.52. The summed E-state index contributed by atoms with van der Waals surface area (Å²) in [7, 11) is 1.24. The Labute approximate surface area is 175 Å². The van der Waals surface area contributed by atoms with E-state index in [-0.39, 0.29) is 24.3 Å². The van der Waals surface area contributed by atoms with Gasteiger partial charge < -0.3 is 14.0 Å². The molecule has 29 heavy (non-hydrogen) atoms. The van der Waals surface area contributed by atoms with Gasteiger partial charge in [0.05, 0.1) is 21.3 Å². The second-order valence-corrected chi connectivity index (χ2v) is 7.79. The Morgan fingerprint density at radius 2 is 2.00 bits per heavy atom. The summed E-state index contributed by atoms with van der Waals surface area (Å²) in [6, 6.07) is 3.59. The van der Waals surface area contributed by atoms with Crippen LogP contribution in [0.1, 0.15) is 24.5 Å². The monoisotopic (exact) mass is 532 g/mol. The Morgan fingerprint density at radius 3 is 2.62 bits per heavy atom. The molecule has 11 heteroatoms. The lowest BCUT2D eigenvalue weighted by atomic mass is 9.87. The third-order valence-corrected chi connectivity index (χ3v) is 5.37. The minimum atomic E-state index is -4.76. The lowest BCUT2D eigenvalue weighted by molar-refractivity contribution is -0.138. The zero-order chi connectivity index (χ0) is 21.6. The van der Waals surface area contributed by atoms with E-state index in [1.54, 1.807) is 35.6 Å². The number of nitrogens with zero attached hydrogens (tertiary/aromatic N) is 2. The van der Waals surface area contributed by atoms with Crippen LogP contribution in [0.15, 0.2) is 29.4 Å². The van der Waals surface area contributed by atoms with Crippen LogP contribution in [0, 0.1) is 9.39 Å². The number of benzene rings is 1. The normalized spacial score (nSPS) is 19.9. The number of fused-ring (bicyclic) bond motifs is 1. The second-order valence-electron chi connectivity index (χ2n) is 6.63. The highest BCUT2D eigenvalue weighted by Gasteiger charge is 2.37. The molecule has 1 aromatic carbocycles. The molecule has 0 saturated carbocycles. The number of hydrogen-bond acceptors (Lipinski definition) is 3. The van der Waals surface area contributed by atoms with Crippen LogP contribution >= 0.6 is 22.6 Å². The molecule has 2 heterocycles. The van der Waals surface area contributed by atoms with Crippen LogP contribution in [0.4, 0.5) is 26.3 Å². The molecule has 1 atom stereocenters. The van der Waals surface area contributed by atoms with E-state index < -0.39 is 35.5 Å². The maximum Gasteiger partial charge on any atom is 0.417 e. The van der Waals surface area contributed by atoms with E-state index in [1.165, 1.54) is 13.1 Å². The van der Waals surface area contributed by atoms with Gasteiger partial charge >= 0.3 is 12.8 Å². The van der Waals surface area contributed by atoms with E-state index in [4.69, 9.17) is 4.74 Å². The van der Waals surface area contributed by atoms with Crippen LogP contribution in [0.25, 0.3) is 0 Å². The molecule has 1 aliphatic rings.